The fourth-order valence-electron chi connectivity index (χ4n) is 0.562. The Balaban J connectivity index is 2.75. The number of nitrogens with zero attached hydrogens (tertiary/aromatic N) is 2. The molecule has 3 nitrogen and oxygen atoms in total. The lowest BCUT2D eigenvalue weighted by Crippen LogP contribution is -3.12. The standard InChI is InChI=1S/C5H9N3/c1-4-6-7-5(2)8(4)3/h1-3H3/p+1. The molecule has 1 aliphatic rings. The predicted octanol–water partition coefficient (Wildman–Crippen LogP) is -0.734. The van der Waals surface area contributed by atoms with Crippen molar-refractivity contribution < 1.29 is 4.90 Å². The summed E-state index contributed by atoms with van der Waals surface area (Å²) < 4.78 is 0. The van der Waals surface area contributed by atoms with E-state index >= 15 is 0 Å². The van der Waals surface area contributed by atoms with Crippen LogP contribution in [-0.2, 0) is 0 Å². The highest BCUT2D eigenvalue weighted by molar-refractivity contribution is 5.87. The molecule has 1 aliphatic heterocycles. The third-order valence-electron chi connectivity index (χ3n) is 1.44. The lowest BCUT2D eigenvalue weighted by Gasteiger charge is -2.00. The summed E-state index contributed by atoms with van der Waals surface area (Å²) in [6.45, 7) is 3.94. The van der Waals surface area contributed by atoms with Gasteiger partial charge in [-0.3, -0.25) is 0 Å². The molecular weight excluding hydrogens is 102 g/mol. The van der Waals surface area contributed by atoms with Gasteiger partial charge in [-0.05, 0) is 0 Å². The average molecular weight is 112 g/mol. The van der Waals surface area contributed by atoms with Crippen molar-refractivity contribution in [1.29, 1.82) is 0 Å². The Kier molecular flexibility index (Phi) is 1.13. The van der Waals surface area contributed by atoms with Crippen molar-refractivity contribution in [3.8, 4) is 0 Å². The summed E-state index contributed by atoms with van der Waals surface area (Å²) in [5.74, 6) is 2.09. The minimum atomic E-state index is 1.04. The van der Waals surface area contributed by atoms with E-state index in [4.69, 9.17) is 0 Å². The quantitative estimate of drug-likeness (QED) is 0.428. The fourth-order valence-corrected chi connectivity index (χ4v) is 0.562. The van der Waals surface area contributed by atoms with Crippen LogP contribution in [0.25, 0.3) is 0 Å². The van der Waals surface area contributed by atoms with E-state index in [9.17, 15) is 0 Å². The lowest BCUT2D eigenvalue weighted by atomic mass is 10.5. The molecule has 0 saturated heterocycles. The molecule has 0 amide bonds. The van der Waals surface area contributed by atoms with Crippen LogP contribution in [-0.4, -0.2) is 18.7 Å². The van der Waals surface area contributed by atoms with Gasteiger partial charge in [-0.1, -0.05) is 10.2 Å². The summed E-state index contributed by atoms with van der Waals surface area (Å²) in [6.07, 6.45) is 0. The number of hydrogen-bond donors (Lipinski definition) is 1. The summed E-state index contributed by atoms with van der Waals surface area (Å²) >= 11 is 0. The van der Waals surface area contributed by atoms with E-state index in [1.54, 1.807) is 0 Å². The monoisotopic (exact) mass is 112 g/mol. The zero-order chi connectivity index (χ0) is 6.15. The largest absolute Gasteiger partial charge is 0.245 e. The Morgan fingerprint density at radius 2 is 1.50 bits per heavy atom. The van der Waals surface area contributed by atoms with E-state index in [2.05, 4.69) is 10.2 Å². The van der Waals surface area contributed by atoms with E-state index in [1.807, 2.05) is 20.9 Å². The third-order valence-corrected chi connectivity index (χ3v) is 1.44. The second kappa shape index (κ2) is 1.67. The minimum absolute atomic E-state index is 1.04. The maximum absolute atomic E-state index is 3.87. The van der Waals surface area contributed by atoms with Gasteiger partial charge in [-0.15, -0.1) is 0 Å². The Morgan fingerprint density at radius 3 is 1.62 bits per heavy atom. The van der Waals surface area contributed by atoms with Crippen LogP contribution >= 0.6 is 0 Å². The first-order chi connectivity index (χ1) is 3.72. The van der Waals surface area contributed by atoms with Crippen molar-refractivity contribution in [3.05, 3.63) is 0 Å². The molecule has 44 valence electrons. The van der Waals surface area contributed by atoms with Gasteiger partial charge in [0.2, 0.25) is 11.7 Å². The minimum Gasteiger partial charge on any atom is -0.245 e. The van der Waals surface area contributed by atoms with Crippen LogP contribution in [0.4, 0.5) is 0 Å². The first-order valence-electron chi connectivity index (χ1n) is 2.65. The van der Waals surface area contributed by atoms with Gasteiger partial charge >= 0.3 is 0 Å². The van der Waals surface area contributed by atoms with E-state index in [1.165, 1.54) is 4.90 Å². The Morgan fingerprint density at radius 1 is 1.12 bits per heavy atom. The number of hydrogen-bond acceptors (Lipinski definition) is 2. The van der Waals surface area contributed by atoms with Gasteiger partial charge in [-0.2, -0.15) is 0 Å². The van der Waals surface area contributed by atoms with Gasteiger partial charge < -0.3 is 0 Å². The van der Waals surface area contributed by atoms with E-state index in [0.29, 0.717) is 0 Å². The van der Waals surface area contributed by atoms with Crippen LogP contribution in [0.3, 0.4) is 0 Å². The molecule has 0 aromatic heterocycles. The van der Waals surface area contributed by atoms with Gasteiger partial charge in [-0.25, -0.2) is 4.90 Å². The van der Waals surface area contributed by atoms with Gasteiger partial charge in [0, 0.05) is 13.8 Å². The maximum Gasteiger partial charge on any atom is 0.223 e. The number of nitrogens with one attached hydrogen (secondary N) is 1. The normalized spacial score (nSPS) is 20.9. The fraction of sp³-hybridized carbons (Fsp3) is 0.600. The van der Waals surface area contributed by atoms with E-state index in [-0.39, 0.29) is 0 Å². The highest BCUT2D eigenvalue weighted by atomic mass is 15.4. The summed E-state index contributed by atoms with van der Waals surface area (Å²) in [7, 11) is 2.03. The molecule has 0 unspecified atom stereocenters. The second-order valence-corrected chi connectivity index (χ2v) is 2.00. The van der Waals surface area contributed by atoms with Crippen molar-refractivity contribution in [2.24, 2.45) is 10.2 Å². The second-order valence-electron chi connectivity index (χ2n) is 2.00. The van der Waals surface area contributed by atoms with Gasteiger partial charge in [0.25, 0.3) is 0 Å². The molecule has 1 rings (SSSR count). The molecule has 1 heterocycles. The van der Waals surface area contributed by atoms with Crippen LogP contribution in [0, 0.1) is 0 Å². The molecule has 0 aromatic carbocycles. The smallest absolute Gasteiger partial charge is 0.223 e. The highest BCUT2D eigenvalue weighted by Crippen LogP contribution is 1.79. The van der Waals surface area contributed by atoms with Crippen LogP contribution in [0.1, 0.15) is 13.8 Å². The Labute approximate surface area is 48.7 Å². The van der Waals surface area contributed by atoms with Crippen molar-refractivity contribution in [1.82, 2.24) is 0 Å². The molecule has 1 N–H and O–H groups in total. The van der Waals surface area contributed by atoms with E-state index in [0.717, 1.165) is 11.7 Å². The van der Waals surface area contributed by atoms with Crippen molar-refractivity contribution in [3.63, 3.8) is 0 Å². The molecule has 0 aliphatic carbocycles. The van der Waals surface area contributed by atoms with E-state index < -0.39 is 0 Å². The summed E-state index contributed by atoms with van der Waals surface area (Å²) in [6, 6.07) is 0. The molecular formula is C5H10N3+. The lowest BCUT2D eigenvalue weighted by molar-refractivity contribution is -0.673. The molecule has 0 radical (unpaired) electrons. The molecule has 3 heteroatoms. The SMILES string of the molecule is CC1=NN=C(C)[NH+]1C. The van der Waals surface area contributed by atoms with Gasteiger partial charge in [0.05, 0.1) is 7.05 Å². The van der Waals surface area contributed by atoms with Crippen molar-refractivity contribution >= 4 is 11.7 Å². The van der Waals surface area contributed by atoms with Gasteiger partial charge in [0.15, 0.2) is 0 Å². The summed E-state index contributed by atoms with van der Waals surface area (Å²) in [5, 5.41) is 7.73. The van der Waals surface area contributed by atoms with Gasteiger partial charge in [0.1, 0.15) is 0 Å². The zero-order valence-corrected chi connectivity index (χ0v) is 5.39. The number of amidine groups is 2. The first kappa shape index (κ1) is 5.44. The molecule has 0 aromatic rings. The van der Waals surface area contributed by atoms with Crippen LogP contribution in [0.2, 0.25) is 0 Å². The van der Waals surface area contributed by atoms with Crippen LogP contribution in [0.5, 0.6) is 0 Å². The maximum atomic E-state index is 3.87. The highest BCUT2D eigenvalue weighted by Gasteiger charge is 2.15. The molecule has 0 fully saturated rings. The molecule has 0 spiro atoms. The molecule has 0 saturated carbocycles. The average Bonchev–Trinajstić information content (AvgIpc) is 1.98. The summed E-state index contributed by atoms with van der Waals surface area (Å²) in [5.41, 5.74) is 0. The van der Waals surface area contributed by atoms with Crippen molar-refractivity contribution in [2.75, 3.05) is 7.05 Å². The topological polar surface area (TPSA) is 29.2 Å². The third kappa shape index (κ3) is 0.648. The summed E-state index contributed by atoms with van der Waals surface area (Å²) in [4.78, 5) is 1.21. The Bertz CT molecular complexity index is 139. The van der Waals surface area contributed by atoms with Crippen LogP contribution < -0.4 is 4.90 Å². The molecule has 0 atom stereocenters. The zero-order valence-electron chi connectivity index (χ0n) is 5.39. The Hall–Kier alpha value is -0.700. The number of quaternary nitrogens is 1. The first-order valence-corrected chi connectivity index (χ1v) is 2.65. The van der Waals surface area contributed by atoms with Crippen LogP contribution in [0.15, 0.2) is 10.2 Å². The number of rotatable bonds is 0. The predicted molar refractivity (Wildman–Crippen MR) is 33.1 cm³/mol. The molecule has 0 bridgehead atoms. The van der Waals surface area contributed by atoms with Crippen molar-refractivity contribution in [2.45, 2.75) is 13.8 Å². The molecule has 8 heavy (non-hydrogen) atoms.